The van der Waals surface area contributed by atoms with E-state index in [-0.39, 0.29) is 12.1 Å². The van der Waals surface area contributed by atoms with Gasteiger partial charge in [0.15, 0.2) is 6.10 Å². The fourth-order valence-electron chi connectivity index (χ4n) is 2.16. The molecule has 106 valence electrons. The van der Waals surface area contributed by atoms with Gasteiger partial charge in [0.05, 0.1) is 18.6 Å². The van der Waals surface area contributed by atoms with E-state index in [2.05, 4.69) is 9.97 Å². The zero-order valence-corrected chi connectivity index (χ0v) is 11.0. The number of nitrogens with zero attached hydrogens (tertiary/aromatic N) is 2. The number of benzene rings is 1. The molecule has 3 rings (SSSR count). The molecule has 2 unspecified atom stereocenters. The van der Waals surface area contributed by atoms with E-state index >= 15 is 0 Å². The van der Waals surface area contributed by atoms with Crippen molar-refractivity contribution in [3.63, 3.8) is 0 Å². The average Bonchev–Trinajstić information content (AvgIpc) is 2.85. The van der Waals surface area contributed by atoms with Gasteiger partial charge in [-0.3, -0.25) is 0 Å². The fraction of sp³-hybridized carbons (Fsp3) is 0.429. The van der Waals surface area contributed by atoms with Gasteiger partial charge in [-0.05, 0) is 12.1 Å². The van der Waals surface area contributed by atoms with Crippen molar-refractivity contribution in [1.82, 2.24) is 9.97 Å². The van der Waals surface area contributed by atoms with Crippen LogP contribution in [0.25, 0.3) is 10.9 Å². The van der Waals surface area contributed by atoms with Crippen molar-refractivity contribution in [1.29, 1.82) is 0 Å². The number of fused-ring (bicyclic) bond motifs is 1. The normalized spacial score (nSPS) is 22.4. The van der Waals surface area contributed by atoms with Gasteiger partial charge in [-0.1, -0.05) is 13.0 Å². The second-order valence-corrected chi connectivity index (χ2v) is 4.70. The van der Waals surface area contributed by atoms with E-state index in [1.54, 1.807) is 12.1 Å². The molecule has 1 aliphatic heterocycles. The van der Waals surface area contributed by atoms with Gasteiger partial charge in [-0.2, -0.15) is 4.98 Å². The van der Waals surface area contributed by atoms with Crippen LogP contribution in [0.4, 0.5) is 4.39 Å². The number of aliphatic hydroxyl groups excluding tert-OH is 1. The third kappa shape index (κ3) is 2.32. The highest BCUT2D eigenvalue weighted by molar-refractivity contribution is 5.83. The van der Waals surface area contributed by atoms with Crippen LogP contribution >= 0.6 is 0 Å². The van der Waals surface area contributed by atoms with Crippen LogP contribution in [0.15, 0.2) is 18.2 Å². The fourth-order valence-corrected chi connectivity index (χ4v) is 2.16. The highest BCUT2D eigenvalue weighted by atomic mass is 19.1. The topological polar surface area (TPSA) is 64.5 Å². The highest BCUT2D eigenvalue weighted by Gasteiger charge is 2.29. The van der Waals surface area contributed by atoms with Crippen molar-refractivity contribution in [3.8, 4) is 5.88 Å². The summed E-state index contributed by atoms with van der Waals surface area (Å²) in [6.45, 7) is 2.42. The third-order valence-electron chi connectivity index (χ3n) is 3.27. The molecule has 0 radical (unpaired) electrons. The first-order valence-corrected chi connectivity index (χ1v) is 6.56. The Bertz CT molecular complexity index is 635. The molecule has 1 N–H and O–H groups in total. The summed E-state index contributed by atoms with van der Waals surface area (Å²) in [7, 11) is 0. The number of ether oxygens (including phenoxy) is 2. The molecule has 5 nitrogen and oxygen atoms in total. The summed E-state index contributed by atoms with van der Waals surface area (Å²) in [4.78, 5) is 8.48. The number of halogens is 1. The van der Waals surface area contributed by atoms with Crippen molar-refractivity contribution in [3.05, 3.63) is 29.8 Å². The molecule has 2 aromatic rings. The van der Waals surface area contributed by atoms with Gasteiger partial charge in [0.1, 0.15) is 23.3 Å². The standard InChI is InChI=1S/C14H15FN2O3/c1-2-12-16-13-8(4-3-5-9(13)15)14(17-12)20-11-7-19-6-10(11)18/h3-5,10-11,18H,2,6-7H2,1H3. The van der Waals surface area contributed by atoms with Gasteiger partial charge < -0.3 is 14.6 Å². The summed E-state index contributed by atoms with van der Waals surface area (Å²) in [5, 5.41) is 10.2. The van der Waals surface area contributed by atoms with Crippen LogP contribution in [0.3, 0.4) is 0 Å². The van der Waals surface area contributed by atoms with Crippen LogP contribution in [0.1, 0.15) is 12.7 Å². The highest BCUT2D eigenvalue weighted by Crippen LogP contribution is 2.26. The summed E-state index contributed by atoms with van der Waals surface area (Å²) < 4.78 is 24.7. The summed E-state index contributed by atoms with van der Waals surface area (Å²) in [5.41, 5.74) is 0.239. The molecule has 1 aromatic heterocycles. The predicted molar refractivity (Wildman–Crippen MR) is 70.1 cm³/mol. The van der Waals surface area contributed by atoms with Crippen molar-refractivity contribution in [2.45, 2.75) is 25.6 Å². The van der Waals surface area contributed by atoms with Crippen LogP contribution in [-0.4, -0.2) is 40.5 Å². The predicted octanol–water partition coefficient (Wildman–Crippen LogP) is 1.47. The molecule has 0 saturated carbocycles. The zero-order chi connectivity index (χ0) is 14.1. The van der Waals surface area contributed by atoms with Crippen molar-refractivity contribution in [2.75, 3.05) is 13.2 Å². The van der Waals surface area contributed by atoms with E-state index in [0.29, 0.717) is 30.1 Å². The van der Waals surface area contributed by atoms with E-state index in [9.17, 15) is 9.50 Å². The number of aryl methyl sites for hydroxylation is 1. The molecule has 0 bridgehead atoms. The number of aromatic nitrogens is 2. The van der Waals surface area contributed by atoms with Gasteiger partial charge in [-0.15, -0.1) is 0 Å². The molecule has 1 aliphatic rings. The lowest BCUT2D eigenvalue weighted by Crippen LogP contribution is -2.30. The molecule has 1 saturated heterocycles. The lowest BCUT2D eigenvalue weighted by molar-refractivity contribution is 0.0713. The molecule has 0 aliphatic carbocycles. The number of aliphatic hydroxyl groups is 1. The first kappa shape index (κ1) is 13.2. The molecule has 1 aromatic carbocycles. The monoisotopic (exact) mass is 278 g/mol. The van der Waals surface area contributed by atoms with Crippen LogP contribution in [0.5, 0.6) is 5.88 Å². The molecule has 2 atom stereocenters. The SMILES string of the molecule is CCc1nc(OC2COCC2O)c2cccc(F)c2n1. The molecule has 0 amide bonds. The van der Waals surface area contributed by atoms with Crippen LogP contribution in [0, 0.1) is 5.82 Å². The number of hydrogen-bond donors (Lipinski definition) is 1. The Labute approximate surface area is 115 Å². The quantitative estimate of drug-likeness (QED) is 0.921. The molecular formula is C14H15FN2O3. The number of para-hydroxylation sites is 1. The Kier molecular flexibility index (Phi) is 3.50. The Balaban J connectivity index is 2.06. The Morgan fingerprint density at radius 1 is 1.40 bits per heavy atom. The van der Waals surface area contributed by atoms with Gasteiger partial charge in [0.25, 0.3) is 0 Å². The largest absolute Gasteiger partial charge is 0.468 e. The minimum atomic E-state index is -0.696. The molecular weight excluding hydrogens is 263 g/mol. The van der Waals surface area contributed by atoms with Crippen LogP contribution < -0.4 is 4.74 Å². The van der Waals surface area contributed by atoms with E-state index in [4.69, 9.17) is 9.47 Å². The minimum absolute atomic E-state index is 0.239. The smallest absolute Gasteiger partial charge is 0.225 e. The summed E-state index contributed by atoms with van der Waals surface area (Å²) in [6, 6.07) is 4.64. The first-order chi connectivity index (χ1) is 9.69. The maximum Gasteiger partial charge on any atom is 0.225 e. The number of rotatable bonds is 3. The van der Waals surface area contributed by atoms with E-state index in [1.165, 1.54) is 6.07 Å². The second-order valence-electron chi connectivity index (χ2n) is 4.70. The Hall–Kier alpha value is -1.79. The molecule has 0 spiro atoms. The van der Waals surface area contributed by atoms with Gasteiger partial charge in [0, 0.05) is 6.42 Å². The van der Waals surface area contributed by atoms with E-state index < -0.39 is 18.0 Å². The van der Waals surface area contributed by atoms with Gasteiger partial charge >= 0.3 is 0 Å². The van der Waals surface area contributed by atoms with Gasteiger partial charge in [-0.25, -0.2) is 9.37 Å². The number of hydrogen-bond acceptors (Lipinski definition) is 5. The van der Waals surface area contributed by atoms with E-state index in [1.807, 2.05) is 6.92 Å². The summed E-state index contributed by atoms with van der Waals surface area (Å²) in [5.74, 6) is 0.388. The lowest BCUT2D eigenvalue weighted by Gasteiger charge is -2.16. The van der Waals surface area contributed by atoms with Crippen molar-refractivity contribution in [2.24, 2.45) is 0 Å². The van der Waals surface area contributed by atoms with Crippen molar-refractivity contribution < 1.29 is 19.0 Å². The maximum absolute atomic E-state index is 13.9. The Morgan fingerprint density at radius 2 is 2.25 bits per heavy atom. The Morgan fingerprint density at radius 3 is 2.95 bits per heavy atom. The summed E-state index contributed by atoms with van der Waals surface area (Å²) in [6.07, 6.45) is -0.607. The second kappa shape index (κ2) is 5.30. The average molecular weight is 278 g/mol. The molecule has 6 heteroatoms. The molecule has 20 heavy (non-hydrogen) atoms. The van der Waals surface area contributed by atoms with Crippen molar-refractivity contribution >= 4 is 10.9 Å². The minimum Gasteiger partial charge on any atom is -0.468 e. The summed E-state index contributed by atoms with van der Waals surface area (Å²) >= 11 is 0. The third-order valence-corrected chi connectivity index (χ3v) is 3.27. The zero-order valence-electron chi connectivity index (χ0n) is 11.0. The van der Waals surface area contributed by atoms with E-state index in [0.717, 1.165) is 0 Å². The molecule has 2 heterocycles. The van der Waals surface area contributed by atoms with Crippen LogP contribution in [0.2, 0.25) is 0 Å². The van der Waals surface area contributed by atoms with Gasteiger partial charge in [0.2, 0.25) is 5.88 Å². The lowest BCUT2D eigenvalue weighted by atomic mass is 10.2. The van der Waals surface area contributed by atoms with Crippen LogP contribution in [-0.2, 0) is 11.2 Å². The molecule has 1 fully saturated rings. The maximum atomic E-state index is 13.9. The first-order valence-electron chi connectivity index (χ1n) is 6.56.